The molecular weight excluding hydrogens is 834 g/mol. The first kappa shape index (κ1) is 43.1. The van der Waals surface area contributed by atoms with Crippen molar-refractivity contribution in [3.05, 3.63) is 81.6 Å². The Morgan fingerprint density at radius 1 is 0.952 bits per heavy atom. The number of thiazole rings is 1. The topological polar surface area (TPSA) is 151 Å². The van der Waals surface area contributed by atoms with Gasteiger partial charge in [0.25, 0.3) is 17.7 Å². The van der Waals surface area contributed by atoms with Gasteiger partial charge in [-0.05, 0) is 138 Å². The Morgan fingerprint density at radius 2 is 1.70 bits per heavy atom. The maximum absolute atomic E-state index is 13.5. The second kappa shape index (κ2) is 17.1. The second-order valence-electron chi connectivity index (χ2n) is 18.4. The maximum atomic E-state index is 13.5. The number of nitrogens with zero attached hydrogens (tertiary/aromatic N) is 4. The van der Waals surface area contributed by atoms with Crippen molar-refractivity contribution < 1.29 is 41.9 Å². The third-order valence-corrected chi connectivity index (χ3v) is 15.6. The van der Waals surface area contributed by atoms with Crippen molar-refractivity contribution in [2.45, 2.75) is 114 Å². The van der Waals surface area contributed by atoms with Crippen LogP contribution in [0.25, 0.3) is 10.2 Å². The number of hydrogen-bond donors (Lipinski definition) is 2. The molecule has 2 aromatic heterocycles. The van der Waals surface area contributed by atoms with Gasteiger partial charge in [-0.2, -0.15) is 13.2 Å². The average molecular weight is 885 g/mol. The van der Waals surface area contributed by atoms with Gasteiger partial charge >= 0.3 is 6.18 Å². The molecule has 1 unspecified atom stereocenters. The lowest BCUT2D eigenvalue weighted by Crippen LogP contribution is -2.54. The molecule has 9 rings (SSSR count). The highest BCUT2D eigenvalue weighted by Crippen LogP contribution is 2.56. The van der Waals surface area contributed by atoms with Crippen molar-refractivity contribution in [1.29, 1.82) is 0 Å². The lowest BCUT2D eigenvalue weighted by atomic mass is 9.54. The fourth-order valence-electron chi connectivity index (χ4n) is 11.1. The Bertz CT molecular complexity index is 2470. The zero-order valence-electron chi connectivity index (χ0n) is 35.4. The molecule has 16 heteroatoms. The molecule has 2 aliphatic heterocycles. The van der Waals surface area contributed by atoms with Crippen LogP contribution in [0.5, 0.6) is 5.75 Å². The molecule has 1 atom stereocenters. The molecule has 63 heavy (non-hydrogen) atoms. The number of benzene rings is 2. The zero-order chi connectivity index (χ0) is 44.2. The Balaban J connectivity index is 0.727. The normalized spacial score (nSPS) is 26.3. The number of aromatic nitrogens is 2. The van der Waals surface area contributed by atoms with Gasteiger partial charge in [-0.25, -0.2) is 9.97 Å². The van der Waals surface area contributed by atoms with Gasteiger partial charge in [0, 0.05) is 31.0 Å². The van der Waals surface area contributed by atoms with E-state index in [2.05, 4.69) is 27.6 Å². The maximum Gasteiger partial charge on any atom is 0.433 e. The Morgan fingerprint density at radius 3 is 2.41 bits per heavy atom. The lowest BCUT2D eigenvalue weighted by Gasteiger charge is -2.53. The molecule has 12 nitrogen and oxygen atoms in total. The van der Waals surface area contributed by atoms with Gasteiger partial charge in [0.1, 0.15) is 23.2 Å². The van der Waals surface area contributed by atoms with Crippen molar-refractivity contribution in [2.75, 3.05) is 26.0 Å². The number of pyridine rings is 1. The van der Waals surface area contributed by atoms with E-state index in [-0.39, 0.29) is 24.4 Å². The molecule has 3 saturated carbocycles. The largest absolute Gasteiger partial charge is 0.494 e. The summed E-state index contributed by atoms with van der Waals surface area (Å²) in [7, 11) is 3.75. The van der Waals surface area contributed by atoms with Gasteiger partial charge in [-0.15, -0.1) is 11.3 Å². The predicted octanol–water partition coefficient (Wildman–Crippen LogP) is 8.55. The number of fused-ring (bicyclic) bond motifs is 2. The van der Waals surface area contributed by atoms with Gasteiger partial charge in [-0.3, -0.25) is 34.2 Å². The van der Waals surface area contributed by atoms with E-state index >= 15 is 0 Å². The third-order valence-electron chi connectivity index (χ3n) is 14.4. The van der Waals surface area contributed by atoms with E-state index in [0.717, 1.165) is 76.5 Å². The SMILES string of the molecule is COc1cc2nc(C3CCC(CN(C)C4CCC5(CC4)CC(CCc4cccc6c4C(=O)N(C4CCC(=O)NC4=O)C6=O)C5)CC3)sc2cc1NC(=O)c1cccc(C(F)(F)F)n1. The fraction of sp³-hybridized carbons (Fsp3) is 0.511. The number of anilines is 1. The Labute approximate surface area is 367 Å². The zero-order valence-corrected chi connectivity index (χ0v) is 36.2. The quantitative estimate of drug-likeness (QED) is 0.141. The summed E-state index contributed by atoms with van der Waals surface area (Å²) in [6, 6.07) is 11.8. The van der Waals surface area contributed by atoms with E-state index in [4.69, 9.17) is 9.72 Å². The Kier molecular flexibility index (Phi) is 11.7. The molecule has 5 aliphatic rings. The first-order valence-electron chi connectivity index (χ1n) is 22.1. The first-order chi connectivity index (χ1) is 30.2. The lowest BCUT2D eigenvalue weighted by molar-refractivity contribution is -0.141. The van der Waals surface area contributed by atoms with Crippen LogP contribution in [0.1, 0.15) is 137 Å². The number of rotatable bonds is 11. The average Bonchev–Trinajstić information content (AvgIpc) is 3.79. The molecule has 1 saturated heterocycles. The molecule has 0 radical (unpaired) electrons. The summed E-state index contributed by atoms with van der Waals surface area (Å²) in [4.78, 5) is 76.1. The van der Waals surface area contributed by atoms with Crippen LogP contribution in [0.3, 0.4) is 0 Å². The van der Waals surface area contributed by atoms with E-state index in [0.29, 0.717) is 58.2 Å². The number of carbonyl (C=O) groups excluding carboxylic acids is 5. The van der Waals surface area contributed by atoms with Crippen LogP contribution in [0, 0.1) is 17.3 Å². The minimum atomic E-state index is -4.66. The number of aryl methyl sites for hydroxylation is 1. The van der Waals surface area contributed by atoms with Gasteiger partial charge in [0.2, 0.25) is 11.8 Å². The number of piperidine rings is 1. The van der Waals surface area contributed by atoms with E-state index in [1.54, 1.807) is 29.5 Å². The van der Waals surface area contributed by atoms with Gasteiger partial charge < -0.3 is 15.0 Å². The van der Waals surface area contributed by atoms with Crippen LogP contribution in [0.2, 0.25) is 0 Å². The van der Waals surface area contributed by atoms with Crippen molar-refractivity contribution in [2.24, 2.45) is 17.3 Å². The predicted molar refractivity (Wildman–Crippen MR) is 230 cm³/mol. The van der Waals surface area contributed by atoms with Crippen LogP contribution < -0.4 is 15.4 Å². The molecule has 4 heterocycles. The first-order valence-corrected chi connectivity index (χ1v) is 22.9. The molecule has 332 valence electrons. The highest BCUT2D eigenvalue weighted by Gasteiger charge is 2.48. The van der Waals surface area contributed by atoms with E-state index < -0.39 is 41.5 Å². The minimum absolute atomic E-state index is 0.0977. The van der Waals surface area contributed by atoms with Gasteiger partial charge in [0.05, 0.1) is 39.1 Å². The third kappa shape index (κ3) is 8.60. The van der Waals surface area contributed by atoms with Gasteiger partial charge in [0.15, 0.2) is 0 Å². The highest BCUT2D eigenvalue weighted by atomic mass is 32.1. The van der Waals surface area contributed by atoms with Gasteiger partial charge in [-0.1, -0.05) is 18.2 Å². The summed E-state index contributed by atoms with van der Waals surface area (Å²) in [5, 5.41) is 5.99. The summed E-state index contributed by atoms with van der Waals surface area (Å²) in [5.41, 5.74) is 1.64. The van der Waals surface area contributed by atoms with Crippen LogP contribution in [-0.2, 0) is 22.2 Å². The van der Waals surface area contributed by atoms with Crippen molar-refractivity contribution in [3.8, 4) is 5.75 Å². The molecule has 0 bridgehead atoms. The second-order valence-corrected chi connectivity index (χ2v) is 19.5. The number of halogens is 3. The fourth-order valence-corrected chi connectivity index (χ4v) is 12.2. The number of ether oxygens (including phenoxy) is 1. The number of imide groups is 2. The van der Waals surface area contributed by atoms with E-state index in [1.165, 1.54) is 51.7 Å². The summed E-state index contributed by atoms with van der Waals surface area (Å²) in [5.74, 6) is -0.734. The van der Waals surface area contributed by atoms with Crippen molar-refractivity contribution in [1.82, 2.24) is 25.1 Å². The molecule has 3 aliphatic carbocycles. The summed E-state index contributed by atoms with van der Waals surface area (Å²) in [6.45, 7) is 1.08. The molecule has 2 N–H and O–H groups in total. The molecular formula is C47H51F3N6O6S. The molecule has 2 aromatic carbocycles. The molecule has 4 aromatic rings. The number of nitrogens with one attached hydrogen (secondary N) is 2. The van der Waals surface area contributed by atoms with Crippen LogP contribution in [0.4, 0.5) is 18.9 Å². The van der Waals surface area contributed by atoms with Crippen LogP contribution in [-0.4, -0.2) is 82.1 Å². The number of carbonyl (C=O) groups is 5. The van der Waals surface area contributed by atoms with Crippen LogP contribution >= 0.6 is 11.3 Å². The summed E-state index contributed by atoms with van der Waals surface area (Å²) >= 11 is 1.58. The van der Waals surface area contributed by atoms with Crippen molar-refractivity contribution >= 4 is 56.8 Å². The molecule has 4 fully saturated rings. The monoisotopic (exact) mass is 884 g/mol. The summed E-state index contributed by atoms with van der Waals surface area (Å²) < 4.78 is 46.0. The number of alkyl halides is 3. The van der Waals surface area contributed by atoms with E-state index in [1.807, 2.05) is 12.1 Å². The standard InChI is InChI=1S/C47H51F3N6O6S/c1-55(25-26-9-13-29(14-10-26)43-53-34-21-36(62-2)33(22-37(34)63-43)52-41(58)32-7-4-8-38(51-32)47(48,49)50)30-17-19-46(20-18-30)23-27(24-46)11-12-28-5-3-6-31-40(28)45(61)56(44(31)60)35-15-16-39(57)54-42(35)59/h3-8,21-22,26-27,29-30,35H,9-20,23-25H2,1-2H3,(H,52,58)(H,54,57,59). The van der Waals surface area contributed by atoms with E-state index in [9.17, 15) is 37.1 Å². The molecule has 1 spiro atoms. The Hall–Kier alpha value is -5.22. The smallest absolute Gasteiger partial charge is 0.433 e. The number of hydrogen-bond acceptors (Lipinski definition) is 10. The highest BCUT2D eigenvalue weighted by molar-refractivity contribution is 7.18. The minimum Gasteiger partial charge on any atom is -0.494 e. The number of amides is 5. The molecule has 5 amide bonds. The van der Waals surface area contributed by atoms with Crippen molar-refractivity contribution in [3.63, 3.8) is 0 Å². The summed E-state index contributed by atoms with van der Waals surface area (Å²) in [6.07, 6.45) is 8.84. The number of methoxy groups -OCH3 is 1. The van der Waals surface area contributed by atoms with Crippen LogP contribution in [0.15, 0.2) is 48.5 Å².